The Morgan fingerprint density at radius 2 is 1.80 bits per heavy atom. The molecule has 1 aromatic rings. The Morgan fingerprint density at radius 1 is 1.10 bits per heavy atom. The van der Waals surface area contributed by atoms with Gasteiger partial charge in [-0.1, -0.05) is 19.3 Å². The molecule has 0 aromatic heterocycles. The van der Waals surface area contributed by atoms with Crippen LogP contribution < -0.4 is 20.7 Å². The summed E-state index contributed by atoms with van der Waals surface area (Å²) in [4.78, 5) is 0. The van der Waals surface area contributed by atoms with E-state index in [0.717, 1.165) is 29.6 Å². The van der Waals surface area contributed by atoms with Crippen molar-refractivity contribution in [1.82, 2.24) is 5.43 Å². The Balaban J connectivity index is 1.86. The predicted molar refractivity (Wildman–Crippen MR) is 80.9 cm³/mol. The molecule has 0 bridgehead atoms. The molecule has 0 amide bonds. The molecule has 0 radical (unpaired) electrons. The summed E-state index contributed by atoms with van der Waals surface area (Å²) in [6.07, 6.45) is 6.69. The number of hydrogen-bond acceptors (Lipinski definition) is 4. The lowest BCUT2D eigenvalue weighted by Crippen LogP contribution is -2.27. The number of benzene rings is 1. The van der Waals surface area contributed by atoms with Gasteiger partial charge in [0.25, 0.3) is 0 Å². The molecule has 3 N–H and O–H groups in total. The fraction of sp³-hybridized carbons (Fsp3) is 0.625. The summed E-state index contributed by atoms with van der Waals surface area (Å²) in [7, 11) is 0. The first-order chi connectivity index (χ1) is 9.78. The van der Waals surface area contributed by atoms with Crippen LogP contribution in [0.1, 0.15) is 37.7 Å². The van der Waals surface area contributed by atoms with Gasteiger partial charge in [-0.3, -0.25) is 11.3 Å². The van der Waals surface area contributed by atoms with E-state index in [2.05, 4.69) is 18.4 Å². The van der Waals surface area contributed by atoms with E-state index in [9.17, 15) is 0 Å². The Hall–Kier alpha value is -1.26. The molecule has 0 atom stereocenters. The molecule has 0 spiro atoms. The number of hydrogen-bond donors (Lipinski definition) is 2. The highest BCUT2D eigenvalue weighted by molar-refractivity contribution is 5.37. The molecule has 2 rings (SSSR count). The Bertz CT molecular complexity index is 403. The molecule has 1 aromatic carbocycles. The molecule has 20 heavy (non-hydrogen) atoms. The van der Waals surface area contributed by atoms with E-state index < -0.39 is 0 Å². The van der Waals surface area contributed by atoms with E-state index >= 15 is 0 Å². The van der Waals surface area contributed by atoms with Crippen LogP contribution in [-0.2, 0) is 0 Å². The highest BCUT2D eigenvalue weighted by Gasteiger charge is 2.14. The molecule has 4 nitrogen and oxygen atoms in total. The fourth-order valence-corrected chi connectivity index (χ4v) is 2.68. The van der Waals surface area contributed by atoms with E-state index in [0.29, 0.717) is 13.2 Å². The van der Waals surface area contributed by atoms with Crippen LogP contribution in [0.5, 0.6) is 11.5 Å². The molecular formula is C16H26N2O2. The highest BCUT2D eigenvalue weighted by Crippen LogP contribution is 2.27. The highest BCUT2D eigenvalue weighted by atomic mass is 16.5. The summed E-state index contributed by atoms with van der Waals surface area (Å²) in [6.45, 7) is 4.07. The molecule has 4 heteroatoms. The van der Waals surface area contributed by atoms with Gasteiger partial charge in [-0.2, -0.15) is 0 Å². The summed E-state index contributed by atoms with van der Waals surface area (Å²) in [5.41, 5.74) is 3.73. The van der Waals surface area contributed by atoms with Crippen molar-refractivity contribution in [2.24, 2.45) is 11.8 Å². The molecule has 1 fully saturated rings. The molecule has 0 saturated heterocycles. The van der Waals surface area contributed by atoms with Gasteiger partial charge in [-0.25, -0.2) is 0 Å². The SMILES string of the molecule is Cc1cc(OCCNN)cc(OCC2CCCCC2)c1. The van der Waals surface area contributed by atoms with Gasteiger partial charge < -0.3 is 9.47 Å². The van der Waals surface area contributed by atoms with Gasteiger partial charge in [0.05, 0.1) is 6.61 Å². The van der Waals surface area contributed by atoms with Crippen molar-refractivity contribution < 1.29 is 9.47 Å². The molecule has 0 aliphatic heterocycles. The first kappa shape index (κ1) is 15.1. The third kappa shape index (κ3) is 5.02. The van der Waals surface area contributed by atoms with Crippen molar-refractivity contribution in [1.29, 1.82) is 0 Å². The summed E-state index contributed by atoms with van der Waals surface area (Å²) in [6, 6.07) is 6.05. The minimum atomic E-state index is 0.558. The number of hydrazine groups is 1. The van der Waals surface area contributed by atoms with Crippen LogP contribution in [0, 0.1) is 12.8 Å². The Kier molecular flexibility index (Phi) is 6.15. The first-order valence-corrected chi connectivity index (χ1v) is 7.58. The zero-order valence-corrected chi connectivity index (χ0v) is 12.4. The number of aryl methyl sites for hydroxylation is 1. The van der Waals surface area contributed by atoms with Gasteiger partial charge in [0, 0.05) is 12.6 Å². The normalized spacial score (nSPS) is 16.1. The monoisotopic (exact) mass is 278 g/mol. The lowest BCUT2D eigenvalue weighted by molar-refractivity contribution is 0.207. The summed E-state index contributed by atoms with van der Waals surface area (Å²) in [5.74, 6) is 7.70. The van der Waals surface area contributed by atoms with Crippen molar-refractivity contribution in [3.8, 4) is 11.5 Å². The maximum absolute atomic E-state index is 5.95. The molecule has 1 saturated carbocycles. The van der Waals surface area contributed by atoms with Gasteiger partial charge in [0.15, 0.2) is 0 Å². The van der Waals surface area contributed by atoms with Crippen LogP contribution in [0.4, 0.5) is 0 Å². The molecule has 112 valence electrons. The van der Waals surface area contributed by atoms with Gasteiger partial charge in [0.1, 0.15) is 18.1 Å². The van der Waals surface area contributed by atoms with Crippen LogP contribution in [0.2, 0.25) is 0 Å². The van der Waals surface area contributed by atoms with Crippen LogP contribution in [0.3, 0.4) is 0 Å². The van der Waals surface area contributed by atoms with Gasteiger partial charge in [0.2, 0.25) is 0 Å². The first-order valence-electron chi connectivity index (χ1n) is 7.58. The number of nitrogens with two attached hydrogens (primary N) is 1. The molecule has 1 aliphatic carbocycles. The summed E-state index contributed by atoms with van der Waals surface area (Å²) >= 11 is 0. The van der Waals surface area contributed by atoms with Gasteiger partial charge >= 0.3 is 0 Å². The van der Waals surface area contributed by atoms with Gasteiger partial charge in [-0.15, -0.1) is 0 Å². The van der Waals surface area contributed by atoms with E-state index in [4.69, 9.17) is 15.3 Å². The minimum absolute atomic E-state index is 0.558. The van der Waals surface area contributed by atoms with Crippen LogP contribution in [0.15, 0.2) is 18.2 Å². The Morgan fingerprint density at radius 3 is 2.50 bits per heavy atom. The minimum Gasteiger partial charge on any atom is -0.493 e. The summed E-state index contributed by atoms with van der Waals surface area (Å²) < 4.78 is 11.6. The maximum atomic E-state index is 5.95. The van der Waals surface area contributed by atoms with E-state index in [-0.39, 0.29) is 0 Å². The van der Waals surface area contributed by atoms with Crippen molar-refractivity contribution in [3.05, 3.63) is 23.8 Å². The second-order valence-corrected chi connectivity index (χ2v) is 5.60. The van der Waals surface area contributed by atoms with Crippen molar-refractivity contribution in [3.63, 3.8) is 0 Å². The van der Waals surface area contributed by atoms with E-state index in [1.165, 1.54) is 32.1 Å². The lowest BCUT2D eigenvalue weighted by Gasteiger charge is -2.22. The molecule has 1 aliphatic rings. The van der Waals surface area contributed by atoms with Gasteiger partial charge in [-0.05, 0) is 43.4 Å². The third-order valence-electron chi connectivity index (χ3n) is 3.75. The molecule has 0 unspecified atom stereocenters. The van der Waals surface area contributed by atoms with E-state index in [1.807, 2.05) is 12.1 Å². The van der Waals surface area contributed by atoms with E-state index in [1.54, 1.807) is 0 Å². The molecule has 0 heterocycles. The van der Waals surface area contributed by atoms with Crippen LogP contribution >= 0.6 is 0 Å². The maximum Gasteiger partial charge on any atom is 0.123 e. The Labute approximate surface area is 121 Å². The predicted octanol–water partition coefficient (Wildman–Crippen LogP) is 2.80. The smallest absolute Gasteiger partial charge is 0.123 e. The van der Waals surface area contributed by atoms with Crippen LogP contribution in [0.25, 0.3) is 0 Å². The van der Waals surface area contributed by atoms with Crippen molar-refractivity contribution >= 4 is 0 Å². The fourth-order valence-electron chi connectivity index (χ4n) is 2.68. The van der Waals surface area contributed by atoms with Crippen LogP contribution in [-0.4, -0.2) is 19.8 Å². The topological polar surface area (TPSA) is 56.5 Å². The average molecular weight is 278 g/mol. The zero-order valence-electron chi connectivity index (χ0n) is 12.4. The number of rotatable bonds is 7. The van der Waals surface area contributed by atoms with Crippen molar-refractivity contribution in [2.75, 3.05) is 19.8 Å². The summed E-state index contributed by atoms with van der Waals surface area (Å²) in [5, 5.41) is 0. The van der Waals surface area contributed by atoms with Crippen molar-refractivity contribution in [2.45, 2.75) is 39.0 Å². The zero-order chi connectivity index (χ0) is 14.2. The lowest BCUT2D eigenvalue weighted by atomic mass is 9.90. The number of ether oxygens (including phenoxy) is 2. The third-order valence-corrected chi connectivity index (χ3v) is 3.75. The molecular weight excluding hydrogens is 252 g/mol. The second-order valence-electron chi connectivity index (χ2n) is 5.60. The standard InChI is InChI=1S/C16H26N2O2/c1-13-9-15(19-8-7-18-17)11-16(10-13)20-12-14-5-3-2-4-6-14/h9-11,14,18H,2-8,12,17H2,1H3. The second kappa shape index (κ2) is 8.12. The quantitative estimate of drug-likeness (QED) is 0.457. The largest absolute Gasteiger partial charge is 0.493 e. The number of nitrogens with one attached hydrogen (secondary N) is 1. The average Bonchev–Trinajstić information content (AvgIpc) is 2.46.